The smallest absolute Gasteiger partial charge is 0.327 e. The summed E-state index contributed by atoms with van der Waals surface area (Å²) in [7, 11) is 1.72. The first-order chi connectivity index (χ1) is 12.1. The van der Waals surface area contributed by atoms with Crippen LogP contribution in [0.5, 0.6) is 0 Å². The van der Waals surface area contributed by atoms with Gasteiger partial charge in [0, 0.05) is 7.05 Å². The van der Waals surface area contributed by atoms with E-state index in [2.05, 4.69) is 0 Å². The number of urea groups is 1. The van der Waals surface area contributed by atoms with Gasteiger partial charge in [-0.25, -0.2) is 4.79 Å². The van der Waals surface area contributed by atoms with Crippen molar-refractivity contribution in [1.29, 1.82) is 0 Å². The van der Waals surface area contributed by atoms with E-state index in [1.807, 2.05) is 67.6 Å². The Morgan fingerprint density at radius 1 is 1.04 bits per heavy atom. The summed E-state index contributed by atoms with van der Waals surface area (Å²) in [4.78, 5) is 28.2. The van der Waals surface area contributed by atoms with E-state index in [0.29, 0.717) is 6.61 Å². The van der Waals surface area contributed by atoms with Crippen molar-refractivity contribution in [3.63, 3.8) is 0 Å². The Labute approximate surface area is 147 Å². The predicted molar refractivity (Wildman–Crippen MR) is 94.7 cm³/mol. The fourth-order valence-corrected chi connectivity index (χ4v) is 3.13. The van der Waals surface area contributed by atoms with Crippen LogP contribution in [0, 0.1) is 0 Å². The van der Waals surface area contributed by atoms with Crippen molar-refractivity contribution in [2.75, 3.05) is 13.7 Å². The van der Waals surface area contributed by atoms with Crippen molar-refractivity contribution in [2.45, 2.75) is 25.6 Å². The molecule has 5 heteroatoms. The van der Waals surface area contributed by atoms with Crippen LogP contribution in [0.1, 0.15) is 24.1 Å². The van der Waals surface area contributed by atoms with Crippen LogP contribution in [0.15, 0.2) is 60.7 Å². The van der Waals surface area contributed by atoms with Gasteiger partial charge in [-0.05, 0) is 18.1 Å². The lowest BCUT2D eigenvalue weighted by atomic mass is 10.0. The molecular weight excluding hydrogens is 316 g/mol. The van der Waals surface area contributed by atoms with Gasteiger partial charge < -0.3 is 9.64 Å². The predicted octanol–water partition coefficient (Wildman–Crippen LogP) is 3.23. The average Bonchev–Trinajstić information content (AvgIpc) is 2.87. The fourth-order valence-electron chi connectivity index (χ4n) is 3.13. The van der Waals surface area contributed by atoms with Crippen LogP contribution in [-0.2, 0) is 16.1 Å². The van der Waals surface area contributed by atoms with Gasteiger partial charge in [0.1, 0.15) is 6.61 Å². The summed E-state index contributed by atoms with van der Waals surface area (Å²) in [6.07, 6.45) is 0. The van der Waals surface area contributed by atoms with Gasteiger partial charge >= 0.3 is 6.03 Å². The Bertz CT molecular complexity index is 733. The third-order valence-electron chi connectivity index (χ3n) is 4.60. The van der Waals surface area contributed by atoms with Crippen LogP contribution in [-0.4, -0.2) is 41.4 Å². The zero-order valence-electron chi connectivity index (χ0n) is 14.5. The van der Waals surface area contributed by atoms with Crippen LogP contribution in [0.3, 0.4) is 0 Å². The molecule has 1 aliphatic rings. The molecule has 0 unspecified atom stereocenters. The van der Waals surface area contributed by atoms with Gasteiger partial charge in [0.05, 0.1) is 18.7 Å². The van der Waals surface area contributed by atoms with E-state index in [9.17, 15) is 9.59 Å². The Balaban J connectivity index is 1.71. The number of nitrogens with zero attached hydrogens (tertiary/aromatic N) is 2. The summed E-state index contributed by atoms with van der Waals surface area (Å²) >= 11 is 0. The molecule has 0 aliphatic carbocycles. The summed E-state index contributed by atoms with van der Waals surface area (Å²) in [5, 5.41) is 0. The van der Waals surface area contributed by atoms with Gasteiger partial charge in [0.15, 0.2) is 0 Å². The summed E-state index contributed by atoms with van der Waals surface area (Å²) in [5.41, 5.74) is 1.94. The lowest BCUT2D eigenvalue weighted by Crippen LogP contribution is -2.38. The van der Waals surface area contributed by atoms with Crippen LogP contribution >= 0.6 is 0 Å². The molecule has 3 rings (SSSR count). The van der Waals surface area contributed by atoms with Crippen LogP contribution < -0.4 is 0 Å². The van der Waals surface area contributed by atoms with Crippen molar-refractivity contribution >= 4 is 11.9 Å². The molecule has 0 saturated carbocycles. The molecule has 25 heavy (non-hydrogen) atoms. The summed E-state index contributed by atoms with van der Waals surface area (Å²) in [5.74, 6) is -0.314. The van der Waals surface area contributed by atoms with Crippen LogP contribution in [0.4, 0.5) is 4.79 Å². The monoisotopic (exact) mass is 338 g/mol. The highest BCUT2D eigenvalue weighted by atomic mass is 16.5. The maximum Gasteiger partial charge on any atom is 0.327 e. The highest BCUT2D eigenvalue weighted by molar-refractivity contribution is 5.97. The molecule has 1 aliphatic heterocycles. The first-order valence-electron chi connectivity index (χ1n) is 8.35. The minimum absolute atomic E-state index is 0.0898. The van der Waals surface area contributed by atoms with Gasteiger partial charge in [-0.15, -0.1) is 0 Å². The largest absolute Gasteiger partial charge is 0.367 e. The molecule has 0 N–H and O–H groups in total. The van der Waals surface area contributed by atoms with Crippen molar-refractivity contribution in [1.82, 2.24) is 9.80 Å². The SMILES string of the molecule is C[C@@H]1[C@H](c2ccccc2)N(C(=O)COCc2ccccc2)C(=O)N1C. The van der Waals surface area contributed by atoms with E-state index in [4.69, 9.17) is 4.74 Å². The topological polar surface area (TPSA) is 49.9 Å². The minimum Gasteiger partial charge on any atom is -0.367 e. The number of carbonyl (C=O) groups excluding carboxylic acids is 2. The number of ether oxygens (including phenoxy) is 1. The molecule has 1 saturated heterocycles. The maximum atomic E-state index is 12.7. The molecule has 0 spiro atoms. The molecule has 1 heterocycles. The third-order valence-corrected chi connectivity index (χ3v) is 4.60. The van der Waals surface area contributed by atoms with Gasteiger partial charge in [0.2, 0.25) is 0 Å². The van der Waals surface area contributed by atoms with Crippen molar-refractivity contribution < 1.29 is 14.3 Å². The number of amides is 3. The average molecular weight is 338 g/mol. The minimum atomic E-state index is -0.314. The van der Waals surface area contributed by atoms with Crippen molar-refractivity contribution in [2.24, 2.45) is 0 Å². The van der Waals surface area contributed by atoms with Gasteiger partial charge in [-0.3, -0.25) is 9.69 Å². The standard InChI is InChI=1S/C20H22N2O3/c1-15-19(17-11-7-4-8-12-17)22(20(24)21(15)2)18(23)14-25-13-16-9-5-3-6-10-16/h3-12,15,19H,13-14H2,1-2H3/t15-,19-/m1/s1. The Hall–Kier alpha value is -2.66. The molecule has 2 atom stereocenters. The molecule has 5 nitrogen and oxygen atoms in total. The summed E-state index contributed by atoms with van der Waals surface area (Å²) < 4.78 is 5.53. The lowest BCUT2D eigenvalue weighted by Gasteiger charge is -2.24. The number of imide groups is 1. The lowest BCUT2D eigenvalue weighted by molar-refractivity contribution is -0.134. The van der Waals surface area contributed by atoms with E-state index in [0.717, 1.165) is 11.1 Å². The molecule has 1 fully saturated rings. The van der Waals surface area contributed by atoms with E-state index in [1.165, 1.54) is 4.90 Å². The number of hydrogen-bond donors (Lipinski definition) is 0. The molecule has 2 aromatic carbocycles. The van der Waals surface area contributed by atoms with Crippen LogP contribution in [0.2, 0.25) is 0 Å². The van der Waals surface area contributed by atoms with Gasteiger partial charge in [-0.2, -0.15) is 0 Å². The summed E-state index contributed by atoms with van der Waals surface area (Å²) in [6.45, 7) is 2.17. The summed E-state index contributed by atoms with van der Waals surface area (Å²) in [6, 6.07) is 18.6. The maximum absolute atomic E-state index is 12.7. The normalized spacial score (nSPS) is 20.2. The first kappa shape index (κ1) is 17.2. The van der Waals surface area contributed by atoms with E-state index >= 15 is 0 Å². The molecule has 2 aromatic rings. The number of carbonyl (C=O) groups is 2. The highest BCUT2D eigenvalue weighted by Crippen LogP contribution is 2.34. The molecule has 0 aromatic heterocycles. The van der Waals surface area contributed by atoms with E-state index < -0.39 is 0 Å². The molecule has 0 radical (unpaired) electrons. The molecule has 3 amide bonds. The van der Waals surface area contributed by atoms with Gasteiger partial charge in [-0.1, -0.05) is 60.7 Å². The second-order valence-electron chi connectivity index (χ2n) is 6.23. The Morgan fingerprint density at radius 2 is 1.64 bits per heavy atom. The zero-order valence-corrected chi connectivity index (χ0v) is 14.5. The van der Waals surface area contributed by atoms with E-state index in [-0.39, 0.29) is 30.6 Å². The van der Waals surface area contributed by atoms with Crippen molar-refractivity contribution in [3.05, 3.63) is 71.8 Å². The zero-order chi connectivity index (χ0) is 17.8. The Morgan fingerprint density at radius 3 is 2.28 bits per heavy atom. The fraction of sp³-hybridized carbons (Fsp3) is 0.300. The molecule has 0 bridgehead atoms. The highest BCUT2D eigenvalue weighted by Gasteiger charge is 2.45. The first-order valence-corrected chi connectivity index (χ1v) is 8.35. The van der Waals surface area contributed by atoms with Crippen LogP contribution in [0.25, 0.3) is 0 Å². The molecular formula is C20H22N2O3. The number of benzene rings is 2. The second kappa shape index (κ2) is 7.49. The second-order valence-corrected chi connectivity index (χ2v) is 6.23. The molecule has 130 valence electrons. The van der Waals surface area contributed by atoms with Crippen molar-refractivity contribution in [3.8, 4) is 0 Å². The van der Waals surface area contributed by atoms with E-state index in [1.54, 1.807) is 11.9 Å². The quantitative estimate of drug-likeness (QED) is 0.841. The van der Waals surface area contributed by atoms with Gasteiger partial charge in [0.25, 0.3) is 5.91 Å². The number of likely N-dealkylation sites (N-methyl/N-ethyl adjacent to an activating group) is 1. The number of hydrogen-bond acceptors (Lipinski definition) is 3. The third kappa shape index (κ3) is 3.56. The Kier molecular flexibility index (Phi) is 5.14. The number of rotatable bonds is 5.